The number of carbonyl (C=O) groups excluding carboxylic acids is 1. The van der Waals surface area contributed by atoms with Crippen LogP contribution in [0, 0.1) is 0 Å². The first-order chi connectivity index (χ1) is 15.9. The summed E-state index contributed by atoms with van der Waals surface area (Å²) in [6.07, 6.45) is 8.34. The first kappa shape index (κ1) is 24.7. The van der Waals surface area contributed by atoms with E-state index in [0.29, 0.717) is 12.2 Å². The molecule has 0 fully saturated rings. The Labute approximate surface area is 195 Å². The summed E-state index contributed by atoms with van der Waals surface area (Å²) < 4.78 is 25.7. The molecule has 3 N–H and O–H groups in total. The highest BCUT2D eigenvalue weighted by Gasteiger charge is 2.18. The first-order valence-corrected chi connectivity index (χ1v) is 12.5. The van der Waals surface area contributed by atoms with Gasteiger partial charge in [-0.05, 0) is 59.4 Å². The number of sulfone groups is 1. The van der Waals surface area contributed by atoms with Crippen LogP contribution in [0.5, 0.6) is 0 Å². The molecule has 2 amide bonds. The van der Waals surface area contributed by atoms with E-state index in [1.54, 1.807) is 36.2 Å². The van der Waals surface area contributed by atoms with Gasteiger partial charge in [0.2, 0.25) is 0 Å². The van der Waals surface area contributed by atoms with Gasteiger partial charge < -0.3 is 20.6 Å². The van der Waals surface area contributed by atoms with Crippen molar-refractivity contribution >= 4 is 21.6 Å². The van der Waals surface area contributed by atoms with Crippen LogP contribution in [0.2, 0.25) is 0 Å². The normalized spacial score (nSPS) is 14.6. The number of nitrogens with one attached hydrogen (secondary N) is 2. The van der Waals surface area contributed by atoms with Crippen LogP contribution in [0.3, 0.4) is 0 Å². The molecular formula is C25H31N3O4S. The average molecular weight is 470 g/mol. The van der Waals surface area contributed by atoms with Crippen molar-refractivity contribution in [3.63, 3.8) is 0 Å². The van der Waals surface area contributed by atoms with E-state index in [9.17, 15) is 13.2 Å². The molecule has 176 valence electrons. The molecule has 2 aromatic carbocycles. The largest absolute Gasteiger partial charge is 0.400 e. The highest BCUT2D eigenvalue weighted by Crippen LogP contribution is 2.22. The van der Waals surface area contributed by atoms with Gasteiger partial charge in [-0.1, -0.05) is 36.4 Å². The van der Waals surface area contributed by atoms with Gasteiger partial charge in [-0.25, -0.2) is 13.2 Å². The Hall–Kier alpha value is -2.94. The van der Waals surface area contributed by atoms with Gasteiger partial charge in [0.15, 0.2) is 9.84 Å². The van der Waals surface area contributed by atoms with E-state index in [1.807, 2.05) is 24.3 Å². The molecular weight excluding hydrogens is 438 g/mol. The number of amides is 2. The summed E-state index contributed by atoms with van der Waals surface area (Å²) in [5.74, 6) is -0.0443. The fourth-order valence-corrected chi connectivity index (χ4v) is 5.17. The smallest absolute Gasteiger partial charge is 0.321 e. The molecule has 0 bridgehead atoms. The Morgan fingerprint density at radius 1 is 1.06 bits per heavy atom. The number of anilines is 1. The number of aliphatic hydroxyl groups excluding tert-OH is 1. The number of aliphatic hydroxyl groups is 1. The van der Waals surface area contributed by atoms with Crippen LogP contribution in [0.25, 0.3) is 0 Å². The average Bonchev–Trinajstić information content (AvgIpc) is 3.29. The summed E-state index contributed by atoms with van der Waals surface area (Å²) in [5, 5.41) is 13.1. The van der Waals surface area contributed by atoms with Gasteiger partial charge >= 0.3 is 6.03 Å². The van der Waals surface area contributed by atoms with E-state index in [4.69, 9.17) is 5.11 Å². The molecule has 1 aliphatic carbocycles. The Morgan fingerprint density at radius 3 is 2.48 bits per heavy atom. The Balaban J connectivity index is 0.00000149. The first-order valence-electron chi connectivity index (χ1n) is 10.9. The quantitative estimate of drug-likeness (QED) is 0.600. The van der Waals surface area contributed by atoms with Gasteiger partial charge in [0.05, 0.1) is 10.6 Å². The Bertz CT molecular complexity index is 1140. The summed E-state index contributed by atoms with van der Waals surface area (Å²) >= 11 is 0. The van der Waals surface area contributed by atoms with Crippen molar-refractivity contribution in [1.29, 1.82) is 0 Å². The van der Waals surface area contributed by atoms with Crippen molar-refractivity contribution in [2.45, 2.75) is 36.6 Å². The lowest BCUT2D eigenvalue weighted by Crippen LogP contribution is -2.32. The highest BCUT2D eigenvalue weighted by atomic mass is 32.2. The third-order valence-corrected chi connectivity index (χ3v) is 7.26. The number of likely N-dealkylation sites (N-methyl/N-ethyl adjacent to an activating group) is 1. The third-order valence-electron chi connectivity index (χ3n) is 5.56. The molecule has 1 heterocycles. The lowest BCUT2D eigenvalue weighted by Gasteiger charge is -2.19. The predicted octanol–water partition coefficient (Wildman–Crippen LogP) is 3.61. The van der Waals surface area contributed by atoms with Crippen molar-refractivity contribution < 1.29 is 18.3 Å². The minimum Gasteiger partial charge on any atom is -0.400 e. The molecule has 0 radical (unpaired) electrons. The lowest BCUT2D eigenvalue weighted by atomic mass is 10.1. The monoisotopic (exact) mass is 469 g/mol. The van der Waals surface area contributed by atoms with Crippen molar-refractivity contribution in [2.24, 2.45) is 0 Å². The molecule has 0 atom stereocenters. The minimum atomic E-state index is -3.47. The molecule has 8 heteroatoms. The fraction of sp³-hybridized carbons (Fsp3) is 0.320. The summed E-state index contributed by atoms with van der Waals surface area (Å²) in [7, 11) is -0.730. The van der Waals surface area contributed by atoms with Crippen molar-refractivity contribution in [3.8, 4) is 0 Å². The van der Waals surface area contributed by atoms with Crippen molar-refractivity contribution in [3.05, 3.63) is 83.0 Å². The molecule has 2 aliphatic rings. The second-order valence-corrected chi connectivity index (χ2v) is 10.0. The molecule has 0 spiro atoms. The maximum atomic E-state index is 12.8. The number of hydrogen-bond donors (Lipinski definition) is 3. The third kappa shape index (κ3) is 6.54. The summed E-state index contributed by atoms with van der Waals surface area (Å²) in [6, 6.07) is 12.0. The SMILES string of the molecule is CN(CC1=CCCC=C1)C(=O)Nc1ccc(S(=O)(=O)Cc2ccc3c(c2)CNC3)cc1.CO. The molecule has 4 rings (SSSR count). The molecule has 0 saturated carbocycles. The topological polar surface area (TPSA) is 98.7 Å². The minimum absolute atomic E-state index is 0.0443. The van der Waals surface area contributed by atoms with E-state index in [2.05, 4.69) is 22.8 Å². The number of fused-ring (bicyclic) bond motifs is 1. The number of allylic oxidation sites excluding steroid dienone is 2. The van der Waals surface area contributed by atoms with Gasteiger partial charge in [0, 0.05) is 39.5 Å². The van der Waals surface area contributed by atoms with Crippen LogP contribution >= 0.6 is 0 Å². The summed E-state index contributed by atoms with van der Waals surface area (Å²) in [6.45, 7) is 2.14. The maximum Gasteiger partial charge on any atom is 0.321 e. The van der Waals surface area contributed by atoms with Crippen LogP contribution in [0.4, 0.5) is 10.5 Å². The zero-order valence-corrected chi connectivity index (χ0v) is 19.9. The second-order valence-electron chi connectivity index (χ2n) is 8.04. The number of hydrogen-bond acceptors (Lipinski definition) is 5. The maximum absolute atomic E-state index is 12.8. The van der Waals surface area contributed by atoms with Crippen LogP contribution in [0.1, 0.15) is 29.5 Å². The van der Waals surface area contributed by atoms with Crippen LogP contribution in [0.15, 0.2) is 71.2 Å². The molecule has 7 nitrogen and oxygen atoms in total. The molecule has 0 unspecified atom stereocenters. The van der Waals surface area contributed by atoms with Crippen LogP contribution < -0.4 is 10.6 Å². The molecule has 0 aromatic heterocycles. The molecule has 33 heavy (non-hydrogen) atoms. The number of rotatable bonds is 6. The standard InChI is InChI=1S/C24H27N3O3S.CH4O/c1-27(16-18-5-3-2-4-6-18)24(28)26-22-9-11-23(12-10-22)31(29,30)17-19-7-8-20-14-25-15-21(20)13-19;1-2/h3,5-13,25H,2,4,14-17H2,1H3,(H,26,28);2H,1H3. The molecule has 0 saturated heterocycles. The van der Waals surface area contributed by atoms with Crippen LogP contribution in [-0.4, -0.2) is 45.2 Å². The number of carbonyl (C=O) groups is 1. The lowest BCUT2D eigenvalue weighted by molar-refractivity contribution is 0.226. The number of benzene rings is 2. The van der Waals surface area contributed by atoms with Crippen molar-refractivity contribution in [2.75, 3.05) is 26.0 Å². The van der Waals surface area contributed by atoms with Crippen molar-refractivity contribution in [1.82, 2.24) is 10.2 Å². The van der Waals surface area contributed by atoms with Gasteiger partial charge in [0.25, 0.3) is 0 Å². The summed E-state index contributed by atoms with van der Waals surface area (Å²) in [5.41, 5.74) is 4.85. The second kappa shape index (κ2) is 11.3. The number of urea groups is 1. The van der Waals surface area contributed by atoms with E-state index in [0.717, 1.165) is 49.7 Å². The van der Waals surface area contributed by atoms with Gasteiger partial charge in [0.1, 0.15) is 0 Å². The van der Waals surface area contributed by atoms with E-state index >= 15 is 0 Å². The highest BCUT2D eigenvalue weighted by molar-refractivity contribution is 7.90. The van der Waals surface area contributed by atoms with E-state index < -0.39 is 9.84 Å². The fourth-order valence-electron chi connectivity index (χ4n) is 3.84. The predicted molar refractivity (Wildman–Crippen MR) is 131 cm³/mol. The van der Waals surface area contributed by atoms with Gasteiger partial charge in [-0.2, -0.15) is 0 Å². The Morgan fingerprint density at radius 2 is 1.79 bits per heavy atom. The molecule has 1 aliphatic heterocycles. The van der Waals surface area contributed by atoms with Gasteiger partial charge in [-0.15, -0.1) is 0 Å². The van der Waals surface area contributed by atoms with E-state index in [1.165, 1.54) is 5.56 Å². The zero-order chi connectivity index (χ0) is 23.8. The van der Waals surface area contributed by atoms with Crippen LogP contribution in [-0.2, 0) is 28.7 Å². The van der Waals surface area contributed by atoms with E-state index in [-0.39, 0.29) is 16.7 Å². The summed E-state index contributed by atoms with van der Waals surface area (Å²) in [4.78, 5) is 14.3. The molecule has 2 aromatic rings. The zero-order valence-electron chi connectivity index (χ0n) is 19.0. The number of nitrogens with zero attached hydrogens (tertiary/aromatic N) is 1. The van der Waals surface area contributed by atoms with Gasteiger partial charge in [-0.3, -0.25) is 0 Å². The Kier molecular flexibility index (Phi) is 8.43.